The molecule has 0 spiro atoms. The highest BCUT2D eigenvalue weighted by Crippen LogP contribution is 2.19. The Balaban J connectivity index is 2.04. The minimum atomic E-state index is -0.208. The van der Waals surface area contributed by atoms with Gasteiger partial charge in [0.25, 0.3) is 5.91 Å². The molecule has 0 saturated heterocycles. The molecule has 0 radical (unpaired) electrons. The smallest absolute Gasteiger partial charge is 0.273 e. The van der Waals surface area contributed by atoms with Gasteiger partial charge in [-0.1, -0.05) is 26.0 Å². The summed E-state index contributed by atoms with van der Waals surface area (Å²) in [6, 6.07) is 8.39. The van der Waals surface area contributed by atoms with E-state index in [-0.39, 0.29) is 5.91 Å². The second kappa shape index (κ2) is 11.0. The van der Waals surface area contributed by atoms with Gasteiger partial charge in [-0.3, -0.25) is 9.69 Å². The molecule has 1 heterocycles. The largest absolute Gasteiger partial charge is 0.497 e. The third kappa shape index (κ3) is 7.18. The van der Waals surface area contributed by atoms with E-state index in [4.69, 9.17) is 9.15 Å². The Labute approximate surface area is 174 Å². The van der Waals surface area contributed by atoms with Crippen molar-refractivity contribution >= 4 is 5.91 Å². The van der Waals surface area contributed by atoms with Crippen molar-refractivity contribution in [1.29, 1.82) is 0 Å². The van der Waals surface area contributed by atoms with Crippen LogP contribution < -0.4 is 10.1 Å². The first-order chi connectivity index (χ1) is 13.8. The van der Waals surface area contributed by atoms with Crippen molar-refractivity contribution < 1.29 is 13.9 Å². The maximum atomic E-state index is 12.2. The van der Waals surface area contributed by atoms with E-state index in [0.29, 0.717) is 36.6 Å². The summed E-state index contributed by atoms with van der Waals surface area (Å²) >= 11 is 0. The van der Waals surface area contributed by atoms with Crippen molar-refractivity contribution in [2.24, 2.45) is 5.92 Å². The Morgan fingerprint density at radius 1 is 1.17 bits per heavy atom. The van der Waals surface area contributed by atoms with Crippen LogP contribution in [-0.2, 0) is 13.1 Å². The van der Waals surface area contributed by atoms with Crippen molar-refractivity contribution in [1.82, 2.24) is 20.1 Å². The number of nitrogens with one attached hydrogen (secondary N) is 1. The van der Waals surface area contributed by atoms with Crippen LogP contribution in [0.1, 0.15) is 42.7 Å². The van der Waals surface area contributed by atoms with Crippen LogP contribution in [-0.4, -0.2) is 61.0 Å². The summed E-state index contributed by atoms with van der Waals surface area (Å²) in [5.41, 5.74) is 1.51. The highest BCUT2D eigenvalue weighted by molar-refractivity contribution is 5.91. The number of nitrogens with zero attached hydrogens (tertiary/aromatic N) is 3. The van der Waals surface area contributed by atoms with E-state index in [0.717, 1.165) is 18.8 Å². The van der Waals surface area contributed by atoms with Crippen LogP contribution in [0.5, 0.6) is 5.75 Å². The lowest BCUT2D eigenvalue weighted by Crippen LogP contribution is -2.36. The van der Waals surface area contributed by atoms with Gasteiger partial charge < -0.3 is 19.4 Å². The minimum Gasteiger partial charge on any atom is -0.497 e. The van der Waals surface area contributed by atoms with E-state index in [9.17, 15) is 4.79 Å². The SMILES string of the molecule is COc1ccc(CN(Cc2nc(C(=O)NCCN(C)C)co2)[C@H](C)C(C)C)cc1. The van der Waals surface area contributed by atoms with E-state index in [1.54, 1.807) is 7.11 Å². The monoisotopic (exact) mass is 402 g/mol. The summed E-state index contributed by atoms with van der Waals surface area (Å²) in [7, 11) is 5.60. The van der Waals surface area contributed by atoms with Gasteiger partial charge in [0.15, 0.2) is 5.69 Å². The van der Waals surface area contributed by atoms with E-state index >= 15 is 0 Å². The van der Waals surface area contributed by atoms with Crippen LogP contribution in [0.3, 0.4) is 0 Å². The molecule has 7 nitrogen and oxygen atoms in total. The summed E-state index contributed by atoms with van der Waals surface area (Å²) in [4.78, 5) is 21.0. The Morgan fingerprint density at radius 2 is 1.86 bits per heavy atom. The van der Waals surface area contributed by atoms with E-state index in [2.05, 4.69) is 48.1 Å². The molecule has 1 atom stereocenters. The number of amides is 1. The Bertz CT molecular complexity index is 756. The lowest BCUT2D eigenvalue weighted by atomic mass is 10.0. The summed E-state index contributed by atoms with van der Waals surface area (Å²) in [6.45, 7) is 9.24. The predicted octanol–water partition coefficient (Wildman–Crippen LogP) is 3.02. The van der Waals surface area contributed by atoms with Gasteiger partial charge in [-0.25, -0.2) is 4.98 Å². The summed E-state index contributed by atoms with van der Waals surface area (Å²) in [5, 5.41) is 2.86. The summed E-state index contributed by atoms with van der Waals surface area (Å²) < 4.78 is 10.8. The van der Waals surface area contributed by atoms with Crippen LogP contribution in [0.25, 0.3) is 0 Å². The topological polar surface area (TPSA) is 70.8 Å². The van der Waals surface area contributed by atoms with E-state index in [1.807, 2.05) is 31.1 Å². The van der Waals surface area contributed by atoms with Crippen LogP contribution in [0.4, 0.5) is 0 Å². The number of hydrogen-bond donors (Lipinski definition) is 1. The first-order valence-electron chi connectivity index (χ1n) is 10.0. The Hall–Kier alpha value is -2.38. The molecule has 160 valence electrons. The lowest BCUT2D eigenvalue weighted by Gasteiger charge is -2.30. The average molecular weight is 403 g/mol. The first kappa shape index (κ1) is 22.9. The number of carbonyl (C=O) groups excluding carboxylic acids is 1. The number of oxazole rings is 1. The number of likely N-dealkylation sites (N-methyl/N-ethyl adjacent to an activating group) is 1. The van der Waals surface area contributed by atoms with Crippen LogP contribution in [0.15, 0.2) is 34.9 Å². The molecule has 1 aromatic carbocycles. The quantitative estimate of drug-likeness (QED) is 0.623. The van der Waals surface area contributed by atoms with Gasteiger partial charge >= 0.3 is 0 Å². The van der Waals surface area contributed by atoms with Crippen molar-refractivity contribution in [2.45, 2.75) is 39.9 Å². The standard InChI is InChI=1S/C22H34N4O3/c1-16(2)17(3)26(13-18-7-9-19(28-6)10-8-18)14-21-24-20(15-29-21)22(27)23-11-12-25(4)5/h7-10,15-17H,11-14H2,1-6H3,(H,23,27)/t17-/m1/s1. The molecule has 0 unspecified atom stereocenters. The Kier molecular flexibility index (Phi) is 8.67. The van der Waals surface area contributed by atoms with Crippen molar-refractivity contribution in [3.05, 3.63) is 47.7 Å². The van der Waals surface area contributed by atoms with E-state index in [1.165, 1.54) is 11.8 Å². The molecule has 1 aromatic heterocycles. The third-order valence-corrected chi connectivity index (χ3v) is 5.05. The van der Waals surface area contributed by atoms with Crippen LogP contribution >= 0.6 is 0 Å². The molecule has 29 heavy (non-hydrogen) atoms. The molecular formula is C22H34N4O3. The second-order valence-electron chi connectivity index (χ2n) is 7.92. The van der Waals surface area contributed by atoms with E-state index < -0.39 is 0 Å². The van der Waals surface area contributed by atoms with Gasteiger partial charge in [0, 0.05) is 25.7 Å². The van der Waals surface area contributed by atoms with Crippen molar-refractivity contribution in [3.63, 3.8) is 0 Å². The van der Waals surface area contributed by atoms with Crippen molar-refractivity contribution in [3.8, 4) is 5.75 Å². The number of methoxy groups -OCH3 is 1. The normalized spacial score (nSPS) is 12.6. The van der Waals surface area contributed by atoms with Gasteiger partial charge in [-0.15, -0.1) is 0 Å². The summed E-state index contributed by atoms with van der Waals surface area (Å²) in [6.07, 6.45) is 1.44. The number of ether oxygens (including phenoxy) is 1. The maximum absolute atomic E-state index is 12.2. The molecule has 0 aliphatic heterocycles. The number of benzene rings is 1. The number of carbonyl (C=O) groups is 1. The zero-order chi connectivity index (χ0) is 21.4. The van der Waals surface area contributed by atoms with Crippen LogP contribution in [0, 0.1) is 5.92 Å². The number of aromatic nitrogens is 1. The predicted molar refractivity (Wildman–Crippen MR) is 114 cm³/mol. The molecule has 1 amide bonds. The van der Waals surface area contributed by atoms with Crippen LogP contribution in [0.2, 0.25) is 0 Å². The average Bonchev–Trinajstić information content (AvgIpc) is 3.15. The molecule has 0 aliphatic carbocycles. The zero-order valence-corrected chi connectivity index (χ0v) is 18.4. The summed E-state index contributed by atoms with van der Waals surface area (Å²) in [5.74, 6) is 1.65. The molecular weight excluding hydrogens is 368 g/mol. The number of hydrogen-bond acceptors (Lipinski definition) is 6. The molecule has 7 heteroatoms. The van der Waals surface area contributed by atoms with Gasteiger partial charge in [-0.05, 0) is 44.6 Å². The fourth-order valence-corrected chi connectivity index (χ4v) is 2.88. The number of rotatable bonds is 11. The highest BCUT2D eigenvalue weighted by atomic mass is 16.5. The van der Waals surface area contributed by atoms with Gasteiger partial charge in [0.05, 0.1) is 13.7 Å². The molecule has 0 bridgehead atoms. The fourth-order valence-electron chi connectivity index (χ4n) is 2.88. The molecule has 0 aliphatic rings. The van der Waals surface area contributed by atoms with Crippen molar-refractivity contribution in [2.75, 3.05) is 34.3 Å². The molecule has 2 rings (SSSR count). The van der Waals surface area contributed by atoms with Gasteiger partial charge in [-0.2, -0.15) is 0 Å². The lowest BCUT2D eigenvalue weighted by molar-refractivity contribution is 0.0945. The van der Waals surface area contributed by atoms with Gasteiger partial charge in [0.2, 0.25) is 5.89 Å². The highest BCUT2D eigenvalue weighted by Gasteiger charge is 2.21. The Morgan fingerprint density at radius 3 is 2.45 bits per heavy atom. The second-order valence-corrected chi connectivity index (χ2v) is 7.92. The molecule has 0 saturated carbocycles. The maximum Gasteiger partial charge on any atom is 0.273 e. The minimum absolute atomic E-state index is 0.208. The first-order valence-corrected chi connectivity index (χ1v) is 10.0. The van der Waals surface area contributed by atoms with Gasteiger partial charge in [0.1, 0.15) is 12.0 Å². The fraction of sp³-hybridized carbons (Fsp3) is 0.545. The molecule has 1 N–H and O–H groups in total. The third-order valence-electron chi connectivity index (χ3n) is 5.05. The molecule has 2 aromatic rings. The zero-order valence-electron chi connectivity index (χ0n) is 18.4. The molecule has 0 fully saturated rings.